The van der Waals surface area contributed by atoms with Gasteiger partial charge in [0.15, 0.2) is 5.13 Å². The van der Waals surface area contributed by atoms with Crippen molar-refractivity contribution in [1.29, 1.82) is 0 Å². The average Bonchev–Trinajstić information content (AvgIpc) is 3.80. The first kappa shape index (κ1) is 35.5. The van der Waals surface area contributed by atoms with Gasteiger partial charge in [-0.1, -0.05) is 126 Å². The molecule has 1 fully saturated rings. The number of nitrogens with zero attached hydrogens (tertiary/aromatic N) is 2. The van der Waals surface area contributed by atoms with Gasteiger partial charge in [-0.15, -0.1) is 11.3 Å². The second kappa shape index (κ2) is 17.0. The fourth-order valence-electron chi connectivity index (χ4n) is 5.47. The summed E-state index contributed by atoms with van der Waals surface area (Å²) < 4.78 is 4.52. The van der Waals surface area contributed by atoms with Crippen LogP contribution >= 0.6 is 11.3 Å². The number of aliphatic carboxylic acids is 1. The molecule has 4 aromatic carbocycles. The Balaban J connectivity index is 0.000000315. The molecule has 1 amide bonds. The van der Waals surface area contributed by atoms with E-state index in [9.17, 15) is 19.5 Å². The van der Waals surface area contributed by atoms with Crippen molar-refractivity contribution in [3.8, 4) is 0 Å². The summed E-state index contributed by atoms with van der Waals surface area (Å²) in [5.74, 6) is -1.98. The number of aromatic nitrogens is 1. The maximum absolute atomic E-state index is 12.0. The van der Waals surface area contributed by atoms with Crippen LogP contribution in [0.2, 0.25) is 0 Å². The topological polar surface area (TPSA) is 165 Å². The van der Waals surface area contributed by atoms with Gasteiger partial charge in [0.2, 0.25) is 11.8 Å². The summed E-state index contributed by atoms with van der Waals surface area (Å²) in [6, 6.07) is 39.1. The highest BCUT2D eigenvalue weighted by atomic mass is 32.1. The average molecular weight is 692 g/mol. The molecule has 50 heavy (non-hydrogen) atoms. The van der Waals surface area contributed by atoms with Crippen molar-refractivity contribution in [3.05, 3.63) is 155 Å². The molecule has 6 rings (SSSR count). The molecule has 5 N–H and O–H groups in total. The number of hydrogen-bond acceptors (Lipinski definition) is 10. The van der Waals surface area contributed by atoms with E-state index in [-0.39, 0.29) is 23.3 Å². The molecule has 0 aliphatic carbocycles. The van der Waals surface area contributed by atoms with Gasteiger partial charge in [-0.2, -0.15) is 0 Å². The number of oxime groups is 1. The smallest absolute Gasteiger partial charge is 0.360 e. The maximum Gasteiger partial charge on any atom is 0.360 e. The number of methoxy groups -OCH3 is 1. The molecule has 1 saturated heterocycles. The Labute approximate surface area is 293 Å². The minimum absolute atomic E-state index is 0.140. The molecule has 0 radical (unpaired) electrons. The molecule has 5 aromatic rings. The fourth-order valence-corrected chi connectivity index (χ4v) is 6.22. The van der Waals surface area contributed by atoms with Gasteiger partial charge in [-0.05, 0) is 28.7 Å². The van der Waals surface area contributed by atoms with Crippen molar-refractivity contribution in [2.75, 3.05) is 19.0 Å². The summed E-state index contributed by atoms with van der Waals surface area (Å²) in [6.45, 7) is 0.465. The van der Waals surface area contributed by atoms with Crippen LogP contribution in [-0.4, -0.2) is 59.4 Å². The molecule has 0 unspecified atom stereocenters. The summed E-state index contributed by atoms with van der Waals surface area (Å²) in [7, 11) is 1.34. The number of nitrogens with one attached hydrogen (secondary N) is 2. The SMILES string of the molecule is COC(=O)[C@H](N)Cc1ccccc1.O=C(O)C(=NO[C@@H]1CCNC1=O)c1csc(NC(c2ccccc2)(c2ccccc2)c2ccccc2)n1. The number of amides is 1. The molecular weight excluding hydrogens is 655 g/mol. The minimum Gasteiger partial charge on any atom is -0.476 e. The van der Waals surface area contributed by atoms with Crippen LogP contribution in [0.1, 0.15) is 34.4 Å². The monoisotopic (exact) mass is 691 g/mol. The van der Waals surface area contributed by atoms with E-state index in [0.717, 1.165) is 22.3 Å². The van der Waals surface area contributed by atoms with Crippen molar-refractivity contribution in [3.63, 3.8) is 0 Å². The Bertz CT molecular complexity index is 1790. The van der Waals surface area contributed by atoms with E-state index in [1.165, 1.54) is 18.4 Å². The van der Waals surface area contributed by atoms with Crippen LogP contribution in [0, 0.1) is 0 Å². The first-order chi connectivity index (χ1) is 24.3. The van der Waals surface area contributed by atoms with E-state index in [0.29, 0.717) is 24.5 Å². The zero-order valence-corrected chi connectivity index (χ0v) is 28.1. The number of carboxylic acid groups (broad SMARTS) is 1. The zero-order chi connectivity index (χ0) is 35.3. The van der Waals surface area contributed by atoms with Gasteiger partial charge < -0.3 is 31.0 Å². The van der Waals surface area contributed by atoms with Crippen molar-refractivity contribution in [1.82, 2.24) is 10.3 Å². The summed E-state index contributed by atoms with van der Waals surface area (Å²) >= 11 is 1.26. The van der Waals surface area contributed by atoms with Crippen molar-refractivity contribution < 1.29 is 29.1 Å². The summed E-state index contributed by atoms with van der Waals surface area (Å²) in [6.07, 6.45) is 0.132. The van der Waals surface area contributed by atoms with Crippen LogP contribution in [0.5, 0.6) is 0 Å². The molecule has 1 aliphatic rings. The third kappa shape index (κ3) is 8.59. The van der Waals surface area contributed by atoms with Crippen molar-refractivity contribution in [2.45, 2.75) is 30.5 Å². The summed E-state index contributed by atoms with van der Waals surface area (Å²) in [5, 5.41) is 21.9. The number of rotatable bonds is 12. The number of hydrogen-bond donors (Lipinski definition) is 4. The number of ether oxygens (including phenoxy) is 1. The van der Waals surface area contributed by atoms with E-state index in [1.54, 1.807) is 5.38 Å². The third-order valence-electron chi connectivity index (χ3n) is 7.94. The Morgan fingerprint density at radius 3 is 1.92 bits per heavy atom. The maximum atomic E-state index is 12.0. The van der Waals surface area contributed by atoms with Crippen LogP contribution in [0.25, 0.3) is 0 Å². The van der Waals surface area contributed by atoms with Gasteiger partial charge in [0.05, 0.1) is 7.11 Å². The largest absolute Gasteiger partial charge is 0.476 e. The molecule has 256 valence electrons. The molecule has 1 aliphatic heterocycles. The van der Waals surface area contributed by atoms with E-state index in [4.69, 9.17) is 10.6 Å². The predicted molar refractivity (Wildman–Crippen MR) is 192 cm³/mol. The number of esters is 1. The summed E-state index contributed by atoms with van der Waals surface area (Å²) in [4.78, 5) is 44.6. The van der Waals surface area contributed by atoms with Crippen LogP contribution in [0.4, 0.5) is 5.13 Å². The number of carbonyl (C=O) groups is 3. The Hall–Kier alpha value is -5.85. The number of benzene rings is 4. The molecule has 2 heterocycles. The first-order valence-electron chi connectivity index (χ1n) is 15.8. The molecule has 2 atom stereocenters. The summed E-state index contributed by atoms with van der Waals surface area (Å²) in [5.41, 5.74) is 8.57. The van der Waals surface area contributed by atoms with E-state index < -0.39 is 23.7 Å². The lowest BCUT2D eigenvalue weighted by atomic mass is 9.77. The third-order valence-corrected chi connectivity index (χ3v) is 8.69. The van der Waals surface area contributed by atoms with Crippen LogP contribution < -0.4 is 16.4 Å². The van der Waals surface area contributed by atoms with Gasteiger partial charge in [-0.3, -0.25) is 9.59 Å². The number of thiazole rings is 1. The Morgan fingerprint density at radius 2 is 1.46 bits per heavy atom. The van der Waals surface area contributed by atoms with Gasteiger partial charge in [-0.25, -0.2) is 9.78 Å². The predicted octanol–water partition coefficient (Wildman–Crippen LogP) is 4.97. The number of anilines is 1. The number of nitrogens with two attached hydrogens (primary N) is 1. The molecule has 1 aromatic heterocycles. The molecule has 0 saturated carbocycles. The van der Waals surface area contributed by atoms with E-state index in [1.807, 2.05) is 121 Å². The zero-order valence-electron chi connectivity index (χ0n) is 27.3. The van der Waals surface area contributed by atoms with Crippen molar-refractivity contribution >= 4 is 40.0 Å². The highest BCUT2D eigenvalue weighted by Gasteiger charge is 2.37. The lowest BCUT2D eigenvalue weighted by Gasteiger charge is -2.36. The van der Waals surface area contributed by atoms with Crippen LogP contribution in [0.3, 0.4) is 0 Å². The number of carboxylic acids is 1. The van der Waals surface area contributed by atoms with Gasteiger partial charge in [0.25, 0.3) is 5.91 Å². The molecule has 11 nitrogen and oxygen atoms in total. The van der Waals surface area contributed by atoms with Gasteiger partial charge in [0, 0.05) is 18.3 Å². The quantitative estimate of drug-likeness (QED) is 0.0612. The van der Waals surface area contributed by atoms with Gasteiger partial charge >= 0.3 is 11.9 Å². The molecule has 0 spiro atoms. The standard InChI is InChI=1S/C28H24N4O4S.C10H13NO2/c33-25-23(16-17-29-25)36-32-24(26(34)35)22-18-37-27(30-22)31-28(19-10-4-1-5-11-19,20-12-6-2-7-13-20)21-14-8-3-9-15-21;1-13-10(12)9(11)7-8-5-3-2-4-6-8/h1-15,18,23H,16-17H2,(H,29,33)(H,30,31)(H,34,35);2-6,9H,7,11H2,1H3/t23-;9-/m11/s1. The van der Waals surface area contributed by atoms with Crippen LogP contribution in [-0.2, 0) is 35.9 Å². The lowest BCUT2D eigenvalue weighted by Crippen LogP contribution is -2.38. The normalized spacial score (nSPS) is 14.8. The Morgan fingerprint density at radius 1 is 0.940 bits per heavy atom. The fraction of sp³-hybridized carbons (Fsp3) is 0.184. The minimum atomic E-state index is -1.30. The van der Waals surface area contributed by atoms with Crippen LogP contribution in [0.15, 0.2) is 132 Å². The highest BCUT2D eigenvalue weighted by Crippen LogP contribution is 2.40. The highest BCUT2D eigenvalue weighted by molar-refractivity contribution is 7.14. The number of carbonyl (C=O) groups excluding carboxylic acids is 2. The van der Waals surface area contributed by atoms with E-state index >= 15 is 0 Å². The second-order valence-corrected chi connectivity index (χ2v) is 12.1. The van der Waals surface area contributed by atoms with Crippen molar-refractivity contribution in [2.24, 2.45) is 10.9 Å². The van der Waals surface area contributed by atoms with Gasteiger partial charge in [0.1, 0.15) is 17.3 Å². The second-order valence-electron chi connectivity index (χ2n) is 11.2. The molecule has 12 heteroatoms. The molecular formula is C38H37N5O6S. The Kier molecular flexibility index (Phi) is 12.1. The van der Waals surface area contributed by atoms with E-state index in [2.05, 4.69) is 25.5 Å². The lowest BCUT2D eigenvalue weighted by molar-refractivity contribution is -0.142. The first-order valence-corrected chi connectivity index (χ1v) is 16.7. The molecule has 0 bridgehead atoms.